The summed E-state index contributed by atoms with van der Waals surface area (Å²) in [5.74, 6) is 0.395. The van der Waals surface area contributed by atoms with E-state index in [4.69, 9.17) is 4.74 Å². The van der Waals surface area contributed by atoms with Gasteiger partial charge in [-0.15, -0.1) is 0 Å². The van der Waals surface area contributed by atoms with Crippen LogP contribution in [0.3, 0.4) is 0 Å². The van der Waals surface area contributed by atoms with Gasteiger partial charge in [0.1, 0.15) is 5.75 Å². The molecular weight excluding hydrogens is 230 g/mol. The van der Waals surface area contributed by atoms with Crippen LogP contribution in [0.2, 0.25) is 0 Å². The van der Waals surface area contributed by atoms with E-state index in [1.54, 1.807) is 7.11 Å². The molecule has 0 saturated heterocycles. The van der Waals surface area contributed by atoms with Gasteiger partial charge in [0.25, 0.3) is 0 Å². The average molecular weight is 247 g/mol. The molecule has 0 spiro atoms. The van der Waals surface area contributed by atoms with E-state index in [0.717, 1.165) is 5.56 Å². The maximum absolute atomic E-state index is 11.2. The van der Waals surface area contributed by atoms with Crippen molar-refractivity contribution in [2.45, 2.75) is 25.2 Å². The lowest BCUT2D eigenvalue weighted by molar-refractivity contribution is -0.140. The molecule has 4 nitrogen and oxygen atoms in total. The van der Waals surface area contributed by atoms with Crippen molar-refractivity contribution in [2.75, 3.05) is 14.2 Å². The fourth-order valence-electron chi connectivity index (χ4n) is 1.69. The first-order valence-electron chi connectivity index (χ1n) is 5.68. The first-order chi connectivity index (χ1) is 8.55. The molecule has 96 valence electrons. The monoisotopic (exact) mass is 247 g/mol. The quantitative estimate of drug-likeness (QED) is 0.750. The number of hydrogen-bond donors (Lipinski definition) is 0. The third-order valence-corrected chi connectivity index (χ3v) is 3.01. The van der Waals surface area contributed by atoms with E-state index in [2.05, 4.69) is 10.8 Å². The predicted octanol–water partition coefficient (Wildman–Crippen LogP) is 2.43. The van der Waals surface area contributed by atoms with Crippen LogP contribution in [0, 0.1) is 11.3 Å². The maximum Gasteiger partial charge on any atom is 0.305 e. The minimum Gasteiger partial charge on any atom is -0.497 e. The summed E-state index contributed by atoms with van der Waals surface area (Å²) in [5, 5.41) is 9.34. The average Bonchev–Trinajstić information content (AvgIpc) is 2.44. The topological polar surface area (TPSA) is 59.3 Å². The number of ether oxygens (including phenoxy) is 2. The van der Waals surface area contributed by atoms with Crippen LogP contribution in [-0.4, -0.2) is 20.2 Å². The molecular formula is C14H17NO3. The van der Waals surface area contributed by atoms with Gasteiger partial charge in [-0.25, -0.2) is 0 Å². The molecule has 4 heteroatoms. The molecule has 0 amide bonds. The highest BCUT2D eigenvalue weighted by Gasteiger charge is 2.27. The molecule has 1 aromatic carbocycles. The zero-order valence-electron chi connectivity index (χ0n) is 10.9. The SMILES string of the molecule is COC(=O)CC[C@@](C)(C#N)c1cccc(OC)c1. The van der Waals surface area contributed by atoms with E-state index in [1.807, 2.05) is 31.2 Å². The Hall–Kier alpha value is -2.02. The van der Waals surface area contributed by atoms with Crippen molar-refractivity contribution in [1.82, 2.24) is 0 Å². The number of rotatable bonds is 5. The van der Waals surface area contributed by atoms with Crippen molar-refractivity contribution in [1.29, 1.82) is 5.26 Å². The number of methoxy groups -OCH3 is 2. The van der Waals surface area contributed by atoms with Crippen molar-refractivity contribution in [3.63, 3.8) is 0 Å². The molecule has 0 fully saturated rings. The van der Waals surface area contributed by atoms with Crippen molar-refractivity contribution in [3.05, 3.63) is 29.8 Å². The molecule has 0 aromatic heterocycles. The lowest BCUT2D eigenvalue weighted by Gasteiger charge is -2.22. The predicted molar refractivity (Wildman–Crippen MR) is 67.2 cm³/mol. The first-order valence-corrected chi connectivity index (χ1v) is 5.68. The standard InChI is InChI=1S/C14H17NO3/c1-14(10-15,8-7-13(16)18-3)11-5-4-6-12(9-11)17-2/h4-6,9H,7-8H2,1-3H3/t14-/m0/s1. The molecule has 0 aliphatic rings. The molecule has 0 unspecified atom stereocenters. The Morgan fingerprint density at radius 1 is 1.44 bits per heavy atom. The molecule has 0 bridgehead atoms. The van der Waals surface area contributed by atoms with E-state index < -0.39 is 5.41 Å². The zero-order chi connectivity index (χ0) is 13.6. The Morgan fingerprint density at radius 2 is 2.17 bits per heavy atom. The van der Waals surface area contributed by atoms with E-state index in [-0.39, 0.29) is 12.4 Å². The summed E-state index contributed by atoms with van der Waals surface area (Å²) in [5.41, 5.74) is 0.121. The number of carbonyl (C=O) groups is 1. The van der Waals surface area contributed by atoms with Crippen molar-refractivity contribution < 1.29 is 14.3 Å². The van der Waals surface area contributed by atoms with E-state index in [1.165, 1.54) is 7.11 Å². The van der Waals surface area contributed by atoms with Gasteiger partial charge in [-0.1, -0.05) is 12.1 Å². The van der Waals surface area contributed by atoms with Gasteiger partial charge in [-0.2, -0.15) is 5.26 Å². The first kappa shape index (κ1) is 14.0. The highest BCUT2D eigenvalue weighted by Crippen LogP contribution is 2.30. The molecule has 0 heterocycles. The highest BCUT2D eigenvalue weighted by molar-refractivity contribution is 5.69. The van der Waals surface area contributed by atoms with Gasteiger partial charge in [-0.3, -0.25) is 4.79 Å². The Morgan fingerprint density at radius 3 is 2.72 bits per heavy atom. The van der Waals surface area contributed by atoms with Gasteiger partial charge in [0, 0.05) is 6.42 Å². The Kier molecular flexibility index (Phi) is 4.73. The van der Waals surface area contributed by atoms with E-state index in [9.17, 15) is 10.1 Å². The molecule has 18 heavy (non-hydrogen) atoms. The Balaban J connectivity index is 2.92. The summed E-state index contributed by atoms with van der Waals surface area (Å²) in [6, 6.07) is 9.60. The second kappa shape index (κ2) is 6.06. The Labute approximate surface area is 107 Å². The molecule has 0 aliphatic carbocycles. The van der Waals surface area contributed by atoms with Crippen LogP contribution in [-0.2, 0) is 14.9 Å². The normalized spacial score (nSPS) is 13.2. The number of carbonyl (C=O) groups excluding carboxylic acids is 1. The van der Waals surface area contributed by atoms with Crippen LogP contribution in [0.15, 0.2) is 24.3 Å². The van der Waals surface area contributed by atoms with Crippen LogP contribution in [0.1, 0.15) is 25.3 Å². The largest absolute Gasteiger partial charge is 0.497 e. The number of nitrogens with zero attached hydrogens (tertiary/aromatic N) is 1. The molecule has 1 atom stereocenters. The lowest BCUT2D eigenvalue weighted by atomic mass is 9.80. The number of benzene rings is 1. The molecule has 0 aliphatic heterocycles. The summed E-state index contributed by atoms with van der Waals surface area (Å²) in [7, 11) is 2.93. The molecule has 1 rings (SSSR count). The van der Waals surface area contributed by atoms with Gasteiger partial charge < -0.3 is 9.47 Å². The van der Waals surface area contributed by atoms with Gasteiger partial charge >= 0.3 is 5.97 Å². The summed E-state index contributed by atoms with van der Waals surface area (Å²) < 4.78 is 9.74. The van der Waals surface area contributed by atoms with Crippen molar-refractivity contribution in [3.8, 4) is 11.8 Å². The van der Waals surface area contributed by atoms with Crippen molar-refractivity contribution in [2.24, 2.45) is 0 Å². The van der Waals surface area contributed by atoms with Crippen LogP contribution >= 0.6 is 0 Å². The number of nitriles is 1. The fourth-order valence-corrected chi connectivity index (χ4v) is 1.69. The van der Waals surface area contributed by atoms with Gasteiger partial charge in [-0.05, 0) is 31.0 Å². The summed E-state index contributed by atoms with van der Waals surface area (Å²) in [4.78, 5) is 11.2. The second-order valence-corrected chi connectivity index (χ2v) is 4.25. The Bertz CT molecular complexity index is 464. The van der Waals surface area contributed by atoms with Gasteiger partial charge in [0.05, 0.1) is 25.7 Å². The van der Waals surface area contributed by atoms with E-state index >= 15 is 0 Å². The molecule has 0 radical (unpaired) electrons. The third-order valence-electron chi connectivity index (χ3n) is 3.01. The summed E-state index contributed by atoms with van der Waals surface area (Å²) >= 11 is 0. The fraction of sp³-hybridized carbons (Fsp3) is 0.429. The molecule has 0 N–H and O–H groups in total. The van der Waals surface area contributed by atoms with Crippen LogP contribution < -0.4 is 4.74 Å². The smallest absolute Gasteiger partial charge is 0.305 e. The number of hydrogen-bond acceptors (Lipinski definition) is 4. The van der Waals surface area contributed by atoms with Crippen LogP contribution in [0.25, 0.3) is 0 Å². The van der Waals surface area contributed by atoms with Crippen LogP contribution in [0.4, 0.5) is 0 Å². The summed E-state index contributed by atoms with van der Waals surface area (Å²) in [6.45, 7) is 1.81. The molecule has 1 aromatic rings. The lowest BCUT2D eigenvalue weighted by Crippen LogP contribution is -2.21. The van der Waals surface area contributed by atoms with Crippen LogP contribution in [0.5, 0.6) is 5.75 Å². The zero-order valence-corrected chi connectivity index (χ0v) is 10.9. The van der Waals surface area contributed by atoms with Gasteiger partial charge in [0.2, 0.25) is 0 Å². The van der Waals surface area contributed by atoms with Gasteiger partial charge in [0.15, 0.2) is 0 Å². The van der Waals surface area contributed by atoms with Crippen molar-refractivity contribution >= 4 is 5.97 Å². The van der Waals surface area contributed by atoms with E-state index in [0.29, 0.717) is 12.2 Å². The third kappa shape index (κ3) is 3.24. The minimum absolute atomic E-state index is 0.220. The summed E-state index contributed by atoms with van der Waals surface area (Å²) in [6.07, 6.45) is 0.640. The number of esters is 1. The highest BCUT2D eigenvalue weighted by atomic mass is 16.5. The second-order valence-electron chi connectivity index (χ2n) is 4.25. The maximum atomic E-state index is 11.2. The minimum atomic E-state index is -0.720. The molecule has 0 saturated carbocycles.